The first-order valence-electron chi connectivity index (χ1n) is 5.25. The van der Waals surface area contributed by atoms with Gasteiger partial charge in [-0.1, -0.05) is 0 Å². The van der Waals surface area contributed by atoms with Gasteiger partial charge in [0.15, 0.2) is 0 Å². The molecule has 0 saturated carbocycles. The van der Waals surface area contributed by atoms with Gasteiger partial charge in [-0.3, -0.25) is 9.59 Å². The Kier molecular flexibility index (Phi) is 5.10. The second-order valence-electron chi connectivity index (χ2n) is 3.41. The molecule has 1 saturated heterocycles. The van der Waals surface area contributed by atoms with Gasteiger partial charge in [0.1, 0.15) is 6.54 Å². The Morgan fingerprint density at radius 1 is 1.40 bits per heavy atom. The van der Waals surface area contributed by atoms with Crippen LogP contribution in [0.15, 0.2) is 0 Å². The molecule has 5 nitrogen and oxygen atoms in total. The summed E-state index contributed by atoms with van der Waals surface area (Å²) in [5, 5.41) is 2.57. The molecule has 0 aliphatic carbocycles. The summed E-state index contributed by atoms with van der Waals surface area (Å²) in [6, 6.07) is 0. The highest BCUT2D eigenvalue weighted by Gasteiger charge is 2.21. The van der Waals surface area contributed by atoms with Crippen LogP contribution in [0, 0.1) is 5.92 Å². The van der Waals surface area contributed by atoms with Crippen molar-refractivity contribution in [2.24, 2.45) is 5.92 Å². The van der Waals surface area contributed by atoms with Crippen LogP contribution < -0.4 is 5.32 Å². The molecule has 1 N–H and O–H groups in total. The summed E-state index contributed by atoms with van der Waals surface area (Å²) in [7, 11) is 0. The van der Waals surface area contributed by atoms with E-state index in [9.17, 15) is 9.59 Å². The third kappa shape index (κ3) is 4.29. The van der Waals surface area contributed by atoms with Crippen LogP contribution in [0.5, 0.6) is 0 Å². The minimum Gasteiger partial charge on any atom is -0.465 e. The van der Waals surface area contributed by atoms with Crippen molar-refractivity contribution in [3.8, 4) is 0 Å². The fourth-order valence-electron chi connectivity index (χ4n) is 1.48. The van der Waals surface area contributed by atoms with Gasteiger partial charge in [-0.15, -0.1) is 0 Å². The van der Waals surface area contributed by atoms with E-state index in [0.717, 1.165) is 12.8 Å². The molecule has 1 heterocycles. The van der Waals surface area contributed by atoms with Crippen molar-refractivity contribution in [2.75, 3.05) is 26.4 Å². The normalized spacial score (nSPS) is 17.1. The Balaban J connectivity index is 2.19. The van der Waals surface area contributed by atoms with Crippen LogP contribution >= 0.6 is 0 Å². The first-order chi connectivity index (χ1) is 7.24. The van der Waals surface area contributed by atoms with E-state index in [2.05, 4.69) is 5.32 Å². The molecule has 1 aliphatic heterocycles. The average molecular weight is 215 g/mol. The number of hydrogen-bond acceptors (Lipinski definition) is 4. The van der Waals surface area contributed by atoms with Gasteiger partial charge < -0.3 is 14.8 Å². The summed E-state index contributed by atoms with van der Waals surface area (Å²) >= 11 is 0. The molecule has 1 amide bonds. The molecule has 0 atom stereocenters. The lowest BCUT2D eigenvalue weighted by atomic mass is 9.99. The van der Waals surface area contributed by atoms with Crippen LogP contribution in [0.25, 0.3) is 0 Å². The predicted molar refractivity (Wildman–Crippen MR) is 53.2 cm³/mol. The SMILES string of the molecule is CCOC(=O)CNC(=O)C1CCOCC1. The molecule has 5 heteroatoms. The van der Waals surface area contributed by atoms with Crippen LogP contribution in [0.2, 0.25) is 0 Å². The molecule has 0 bridgehead atoms. The van der Waals surface area contributed by atoms with Gasteiger partial charge in [-0.05, 0) is 19.8 Å². The molecule has 0 aromatic carbocycles. The maximum Gasteiger partial charge on any atom is 0.325 e. The second-order valence-corrected chi connectivity index (χ2v) is 3.41. The summed E-state index contributed by atoms with van der Waals surface area (Å²) in [6.45, 7) is 3.28. The number of carbonyl (C=O) groups excluding carboxylic acids is 2. The molecule has 0 spiro atoms. The van der Waals surface area contributed by atoms with Gasteiger partial charge in [0.2, 0.25) is 5.91 Å². The largest absolute Gasteiger partial charge is 0.465 e. The lowest BCUT2D eigenvalue weighted by Gasteiger charge is -2.20. The summed E-state index contributed by atoms with van der Waals surface area (Å²) in [4.78, 5) is 22.5. The Morgan fingerprint density at radius 2 is 2.07 bits per heavy atom. The molecule has 0 unspecified atom stereocenters. The summed E-state index contributed by atoms with van der Waals surface area (Å²) in [5.74, 6) is -0.488. The maximum atomic E-state index is 11.5. The lowest BCUT2D eigenvalue weighted by molar-refractivity contribution is -0.144. The maximum absolute atomic E-state index is 11.5. The highest BCUT2D eigenvalue weighted by Crippen LogP contribution is 2.14. The number of rotatable bonds is 4. The number of hydrogen-bond donors (Lipinski definition) is 1. The molecule has 1 fully saturated rings. The van der Waals surface area contributed by atoms with E-state index in [1.54, 1.807) is 6.92 Å². The van der Waals surface area contributed by atoms with Crippen molar-refractivity contribution >= 4 is 11.9 Å². The predicted octanol–water partition coefficient (Wildman–Crippen LogP) is 0.0923. The van der Waals surface area contributed by atoms with E-state index in [1.807, 2.05) is 0 Å². The van der Waals surface area contributed by atoms with E-state index in [1.165, 1.54) is 0 Å². The highest BCUT2D eigenvalue weighted by atomic mass is 16.5. The zero-order valence-electron chi connectivity index (χ0n) is 8.95. The van der Waals surface area contributed by atoms with Crippen molar-refractivity contribution in [1.29, 1.82) is 0 Å². The molecule has 86 valence electrons. The van der Waals surface area contributed by atoms with Crippen molar-refractivity contribution < 1.29 is 19.1 Å². The van der Waals surface area contributed by atoms with Crippen molar-refractivity contribution in [1.82, 2.24) is 5.32 Å². The molecular formula is C10H17NO4. The minimum absolute atomic E-state index is 0.0202. The van der Waals surface area contributed by atoms with Crippen molar-refractivity contribution in [3.63, 3.8) is 0 Å². The van der Waals surface area contributed by atoms with E-state index in [4.69, 9.17) is 9.47 Å². The molecule has 0 aromatic heterocycles. The van der Waals surface area contributed by atoms with Crippen LogP contribution in [-0.4, -0.2) is 38.2 Å². The van der Waals surface area contributed by atoms with Gasteiger partial charge in [0, 0.05) is 19.1 Å². The van der Waals surface area contributed by atoms with Gasteiger partial charge >= 0.3 is 5.97 Å². The van der Waals surface area contributed by atoms with Crippen LogP contribution in [0.4, 0.5) is 0 Å². The monoisotopic (exact) mass is 215 g/mol. The van der Waals surface area contributed by atoms with Crippen LogP contribution in [0.1, 0.15) is 19.8 Å². The lowest BCUT2D eigenvalue weighted by Crippen LogP contribution is -2.37. The fraction of sp³-hybridized carbons (Fsp3) is 0.800. The van der Waals surface area contributed by atoms with Crippen LogP contribution in [0.3, 0.4) is 0 Å². The topological polar surface area (TPSA) is 64.6 Å². The van der Waals surface area contributed by atoms with E-state index < -0.39 is 5.97 Å². The third-order valence-corrected chi connectivity index (χ3v) is 2.30. The fourth-order valence-corrected chi connectivity index (χ4v) is 1.48. The Labute approximate surface area is 89.1 Å². The smallest absolute Gasteiger partial charge is 0.325 e. The highest BCUT2D eigenvalue weighted by molar-refractivity contribution is 5.83. The second kappa shape index (κ2) is 6.40. The van der Waals surface area contributed by atoms with E-state index >= 15 is 0 Å². The summed E-state index contributed by atoms with van der Waals surface area (Å²) < 4.78 is 9.84. The van der Waals surface area contributed by atoms with Gasteiger partial charge in [-0.2, -0.15) is 0 Å². The number of esters is 1. The molecule has 0 aromatic rings. The average Bonchev–Trinajstić information content (AvgIpc) is 2.27. The Morgan fingerprint density at radius 3 is 2.67 bits per heavy atom. The molecule has 1 rings (SSSR count). The number of carbonyl (C=O) groups is 2. The molecule has 1 aliphatic rings. The quantitative estimate of drug-likeness (QED) is 0.675. The number of amides is 1. The Bertz CT molecular complexity index is 223. The van der Waals surface area contributed by atoms with Gasteiger partial charge in [0.05, 0.1) is 6.61 Å². The first kappa shape index (κ1) is 12.0. The Hall–Kier alpha value is -1.10. The number of ether oxygens (including phenoxy) is 2. The standard InChI is InChI=1S/C10H17NO4/c1-2-15-9(12)7-11-10(13)8-3-5-14-6-4-8/h8H,2-7H2,1H3,(H,11,13). The van der Waals surface area contributed by atoms with Crippen molar-refractivity contribution in [2.45, 2.75) is 19.8 Å². The van der Waals surface area contributed by atoms with Gasteiger partial charge in [-0.25, -0.2) is 0 Å². The molecule has 0 radical (unpaired) electrons. The van der Waals surface area contributed by atoms with Crippen molar-refractivity contribution in [3.05, 3.63) is 0 Å². The zero-order chi connectivity index (χ0) is 11.1. The third-order valence-electron chi connectivity index (χ3n) is 2.30. The summed E-state index contributed by atoms with van der Waals surface area (Å²) in [5.41, 5.74) is 0. The van der Waals surface area contributed by atoms with E-state index in [0.29, 0.717) is 19.8 Å². The zero-order valence-corrected chi connectivity index (χ0v) is 8.95. The van der Waals surface area contributed by atoms with Gasteiger partial charge in [0.25, 0.3) is 0 Å². The van der Waals surface area contributed by atoms with Crippen LogP contribution in [-0.2, 0) is 19.1 Å². The molecular weight excluding hydrogens is 198 g/mol. The first-order valence-corrected chi connectivity index (χ1v) is 5.25. The summed E-state index contributed by atoms with van der Waals surface area (Å²) in [6.07, 6.45) is 1.46. The minimum atomic E-state index is -0.391. The number of nitrogens with one attached hydrogen (secondary N) is 1. The van der Waals surface area contributed by atoms with E-state index in [-0.39, 0.29) is 18.4 Å². The molecule has 15 heavy (non-hydrogen) atoms.